The van der Waals surface area contributed by atoms with Crippen molar-refractivity contribution in [3.05, 3.63) is 59.2 Å². The van der Waals surface area contributed by atoms with Gasteiger partial charge < -0.3 is 14.4 Å². The predicted octanol–water partition coefficient (Wildman–Crippen LogP) is 3.29. The average Bonchev–Trinajstić information content (AvgIpc) is 2.80. The molecule has 0 aromatic heterocycles. The molecule has 0 bridgehead atoms. The molecule has 0 saturated heterocycles. The van der Waals surface area contributed by atoms with Crippen LogP contribution in [0.5, 0.6) is 11.5 Å². The first kappa shape index (κ1) is 14.8. The fourth-order valence-corrected chi connectivity index (χ4v) is 3.10. The highest BCUT2D eigenvalue weighted by Crippen LogP contribution is 2.37. The Hall–Kier alpha value is -2.14. The number of hydrogen-bond donors (Lipinski definition) is 1. The van der Waals surface area contributed by atoms with E-state index in [0.29, 0.717) is 18.0 Å². The minimum absolute atomic E-state index is 0.00499. The van der Waals surface area contributed by atoms with E-state index in [9.17, 15) is 4.79 Å². The summed E-state index contributed by atoms with van der Waals surface area (Å²) < 4.78 is 10.5. The first-order chi connectivity index (χ1) is 10.7. The van der Waals surface area contributed by atoms with Gasteiger partial charge in [-0.25, -0.2) is 0 Å². The minimum atomic E-state index is -0.225. The number of methoxy groups -OCH3 is 2. The van der Waals surface area contributed by atoms with Gasteiger partial charge in [0.05, 0.1) is 14.2 Å². The standard InChI is InChI=1S/C17H17NO3S/c1-20-14-8-7-11(9-15(14)21-2)10-18-16(19)12-5-3-4-6-13(12)17(18)22/h3-9,17,22H,10H2,1-2H3. The molecule has 0 radical (unpaired) electrons. The topological polar surface area (TPSA) is 38.8 Å². The maximum atomic E-state index is 12.5. The first-order valence-corrected chi connectivity index (χ1v) is 7.46. The molecule has 1 amide bonds. The maximum Gasteiger partial charge on any atom is 0.255 e. The van der Waals surface area contributed by atoms with Crippen molar-refractivity contribution < 1.29 is 14.3 Å². The molecule has 1 heterocycles. The van der Waals surface area contributed by atoms with Crippen LogP contribution in [0.1, 0.15) is 26.9 Å². The van der Waals surface area contributed by atoms with Crippen molar-refractivity contribution in [2.75, 3.05) is 14.2 Å². The monoisotopic (exact) mass is 315 g/mol. The van der Waals surface area contributed by atoms with Gasteiger partial charge in [-0.1, -0.05) is 24.3 Å². The van der Waals surface area contributed by atoms with Gasteiger partial charge in [-0.05, 0) is 29.3 Å². The van der Waals surface area contributed by atoms with Crippen molar-refractivity contribution in [2.45, 2.75) is 11.9 Å². The molecule has 22 heavy (non-hydrogen) atoms. The van der Waals surface area contributed by atoms with E-state index in [1.807, 2.05) is 42.5 Å². The highest BCUT2D eigenvalue weighted by molar-refractivity contribution is 7.80. The molecule has 3 rings (SSSR count). The summed E-state index contributed by atoms with van der Waals surface area (Å²) in [5.74, 6) is 1.33. The third kappa shape index (κ3) is 2.41. The molecule has 5 heteroatoms. The Morgan fingerprint density at radius 3 is 2.50 bits per heavy atom. The van der Waals surface area contributed by atoms with E-state index in [2.05, 4.69) is 12.6 Å². The number of benzene rings is 2. The fourth-order valence-electron chi connectivity index (χ4n) is 2.68. The lowest BCUT2D eigenvalue weighted by Crippen LogP contribution is -2.25. The van der Waals surface area contributed by atoms with Crippen LogP contribution < -0.4 is 9.47 Å². The Labute approximate surface area is 135 Å². The average molecular weight is 315 g/mol. The van der Waals surface area contributed by atoms with Crippen LogP contribution in [-0.4, -0.2) is 25.0 Å². The van der Waals surface area contributed by atoms with Crippen LogP contribution in [0.4, 0.5) is 0 Å². The Morgan fingerprint density at radius 2 is 1.82 bits per heavy atom. The third-order valence-corrected chi connectivity index (χ3v) is 4.38. The van der Waals surface area contributed by atoms with Crippen LogP contribution in [-0.2, 0) is 6.54 Å². The molecule has 2 aromatic rings. The second kappa shape index (κ2) is 5.93. The summed E-state index contributed by atoms with van der Waals surface area (Å²) in [6.07, 6.45) is 0. The predicted molar refractivity (Wildman–Crippen MR) is 87.6 cm³/mol. The molecular weight excluding hydrogens is 298 g/mol. The zero-order valence-corrected chi connectivity index (χ0v) is 13.3. The highest BCUT2D eigenvalue weighted by Gasteiger charge is 2.34. The molecule has 114 valence electrons. The summed E-state index contributed by atoms with van der Waals surface area (Å²) >= 11 is 4.59. The van der Waals surface area contributed by atoms with Crippen molar-refractivity contribution in [2.24, 2.45) is 0 Å². The maximum absolute atomic E-state index is 12.5. The summed E-state index contributed by atoms with van der Waals surface area (Å²) in [5, 5.41) is -0.225. The van der Waals surface area contributed by atoms with Gasteiger partial charge >= 0.3 is 0 Å². The molecule has 0 aliphatic carbocycles. The van der Waals surface area contributed by atoms with Crippen molar-refractivity contribution in [1.82, 2.24) is 4.90 Å². The van der Waals surface area contributed by atoms with Crippen molar-refractivity contribution in [3.8, 4) is 11.5 Å². The number of carbonyl (C=O) groups is 1. The lowest BCUT2D eigenvalue weighted by molar-refractivity contribution is 0.0762. The molecule has 0 saturated carbocycles. The SMILES string of the molecule is COc1ccc(CN2C(=O)c3ccccc3C2S)cc1OC. The smallest absolute Gasteiger partial charge is 0.255 e. The van der Waals surface area contributed by atoms with Gasteiger partial charge in [0.25, 0.3) is 5.91 Å². The summed E-state index contributed by atoms with van der Waals surface area (Å²) in [6, 6.07) is 13.2. The quantitative estimate of drug-likeness (QED) is 0.880. The van der Waals surface area contributed by atoms with Gasteiger partial charge in [-0.3, -0.25) is 4.79 Å². The van der Waals surface area contributed by atoms with E-state index in [1.165, 1.54) is 0 Å². The van der Waals surface area contributed by atoms with E-state index < -0.39 is 0 Å². The number of thiol groups is 1. The van der Waals surface area contributed by atoms with E-state index in [0.717, 1.165) is 16.7 Å². The van der Waals surface area contributed by atoms with E-state index in [1.54, 1.807) is 19.1 Å². The molecule has 4 nitrogen and oxygen atoms in total. The van der Waals surface area contributed by atoms with Crippen LogP contribution >= 0.6 is 12.6 Å². The van der Waals surface area contributed by atoms with Gasteiger partial charge in [0.1, 0.15) is 5.37 Å². The molecule has 0 fully saturated rings. The number of hydrogen-bond acceptors (Lipinski definition) is 4. The number of ether oxygens (including phenoxy) is 2. The van der Waals surface area contributed by atoms with Gasteiger partial charge in [0.2, 0.25) is 0 Å². The van der Waals surface area contributed by atoms with Crippen LogP contribution in [0.15, 0.2) is 42.5 Å². The Balaban J connectivity index is 1.87. The second-order valence-corrected chi connectivity index (χ2v) is 5.57. The second-order valence-electron chi connectivity index (χ2n) is 5.08. The highest BCUT2D eigenvalue weighted by atomic mass is 32.1. The molecule has 1 aliphatic rings. The molecule has 0 spiro atoms. The third-order valence-electron chi connectivity index (χ3n) is 3.83. The summed E-state index contributed by atoms with van der Waals surface area (Å²) in [5.41, 5.74) is 2.65. The molecule has 1 unspecified atom stereocenters. The van der Waals surface area contributed by atoms with E-state index in [-0.39, 0.29) is 11.3 Å². The Morgan fingerprint density at radius 1 is 1.09 bits per heavy atom. The summed E-state index contributed by atoms with van der Waals surface area (Å²) in [4.78, 5) is 14.3. The van der Waals surface area contributed by atoms with Crippen LogP contribution in [0.3, 0.4) is 0 Å². The van der Waals surface area contributed by atoms with Gasteiger partial charge in [-0.15, -0.1) is 12.6 Å². The molecule has 2 aromatic carbocycles. The minimum Gasteiger partial charge on any atom is -0.493 e. The van der Waals surface area contributed by atoms with E-state index >= 15 is 0 Å². The first-order valence-electron chi connectivity index (χ1n) is 6.94. The molecular formula is C17H17NO3S. The Bertz CT molecular complexity index is 717. The van der Waals surface area contributed by atoms with Gasteiger partial charge in [0.15, 0.2) is 11.5 Å². The fraction of sp³-hybridized carbons (Fsp3) is 0.235. The Kier molecular flexibility index (Phi) is 3.98. The summed E-state index contributed by atoms with van der Waals surface area (Å²) in [6.45, 7) is 0.474. The van der Waals surface area contributed by atoms with Crippen molar-refractivity contribution in [1.29, 1.82) is 0 Å². The van der Waals surface area contributed by atoms with Crippen molar-refractivity contribution >= 4 is 18.5 Å². The number of fused-ring (bicyclic) bond motifs is 1. The molecule has 1 atom stereocenters. The van der Waals surface area contributed by atoms with E-state index in [4.69, 9.17) is 9.47 Å². The number of amides is 1. The van der Waals surface area contributed by atoms with Gasteiger partial charge in [-0.2, -0.15) is 0 Å². The normalized spacial score (nSPS) is 16.6. The number of rotatable bonds is 4. The van der Waals surface area contributed by atoms with Crippen molar-refractivity contribution in [3.63, 3.8) is 0 Å². The summed E-state index contributed by atoms with van der Waals surface area (Å²) in [7, 11) is 3.20. The lowest BCUT2D eigenvalue weighted by atomic mass is 10.1. The number of carbonyl (C=O) groups excluding carboxylic acids is 1. The molecule has 1 aliphatic heterocycles. The largest absolute Gasteiger partial charge is 0.493 e. The van der Waals surface area contributed by atoms with Crippen LogP contribution in [0.2, 0.25) is 0 Å². The van der Waals surface area contributed by atoms with Gasteiger partial charge in [0, 0.05) is 12.1 Å². The van der Waals surface area contributed by atoms with Crippen LogP contribution in [0.25, 0.3) is 0 Å². The zero-order valence-electron chi connectivity index (χ0n) is 12.4. The number of nitrogens with zero attached hydrogens (tertiary/aromatic N) is 1. The lowest BCUT2D eigenvalue weighted by Gasteiger charge is -2.22. The molecule has 0 N–H and O–H groups in total. The zero-order chi connectivity index (χ0) is 15.7. The van der Waals surface area contributed by atoms with Crippen LogP contribution in [0, 0.1) is 0 Å².